The number of benzene rings is 2. The number of nitrogens with one attached hydrogen (secondary N) is 3. The monoisotopic (exact) mass is 389 g/mol. The van der Waals surface area contributed by atoms with Crippen LogP contribution in [0.1, 0.15) is 38.1 Å². The van der Waals surface area contributed by atoms with Crippen LogP contribution in [0.4, 0.5) is 11.4 Å². The van der Waals surface area contributed by atoms with E-state index in [0.717, 1.165) is 0 Å². The zero-order chi connectivity index (χ0) is 20.2. The number of carbonyl (C=O) groups excluding carboxylic acids is 2. The molecule has 0 atom stereocenters. The molecule has 0 heterocycles. The molecule has 0 saturated carbocycles. The first-order valence-electron chi connectivity index (χ1n) is 8.29. The third-order valence-corrected chi connectivity index (χ3v) is 5.10. The van der Waals surface area contributed by atoms with Crippen molar-refractivity contribution in [3.05, 3.63) is 54.1 Å². The standard InChI is InChI=1S/C19H23N3O4S/c1-13(23)20-15-7-5-14(6-8-15)18(24)21-16-9-11-17(12-10-16)27(25,26)22-19(2,3)4/h5-12,22H,1-4H3,(H,20,23)(H,21,24). The summed E-state index contributed by atoms with van der Waals surface area (Å²) in [4.78, 5) is 23.4. The molecule has 2 rings (SSSR count). The third-order valence-electron chi connectivity index (χ3n) is 3.33. The molecular weight excluding hydrogens is 366 g/mol. The lowest BCUT2D eigenvalue weighted by Crippen LogP contribution is -2.40. The molecule has 0 aliphatic heterocycles. The van der Waals surface area contributed by atoms with Crippen molar-refractivity contribution >= 4 is 33.2 Å². The summed E-state index contributed by atoms with van der Waals surface area (Å²) in [5.74, 6) is -0.531. The first kappa shape index (κ1) is 20.6. The first-order chi connectivity index (χ1) is 12.5. The van der Waals surface area contributed by atoms with E-state index in [-0.39, 0.29) is 16.7 Å². The van der Waals surface area contributed by atoms with Gasteiger partial charge in [0.2, 0.25) is 15.9 Å². The second kappa shape index (κ2) is 7.89. The predicted octanol–water partition coefficient (Wildman–Crippen LogP) is 2.97. The Labute approximate surface area is 159 Å². The van der Waals surface area contributed by atoms with Crippen LogP contribution in [0.2, 0.25) is 0 Å². The minimum Gasteiger partial charge on any atom is -0.326 e. The van der Waals surface area contributed by atoms with Gasteiger partial charge in [-0.2, -0.15) is 0 Å². The highest BCUT2D eigenvalue weighted by molar-refractivity contribution is 7.89. The summed E-state index contributed by atoms with van der Waals surface area (Å²) in [5, 5.41) is 5.33. The van der Waals surface area contributed by atoms with Gasteiger partial charge < -0.3 is 10.6 Å². The Bertz CT molecular complexity index is 928. The second-order valence-electron chi connectivity index (χ2n) is 7.09. The molecule has 0 radical (unpaired) electrons. The number of hydrogen-bond acceptors (Lipinski definition) is 4. The summed E-state index contributed by atoms with van der Waals surface area (Å²) in [6.07, 6.45) is 0. The van der Waals surface area contributed by atoms with Crippen LogP contribution >= 0.6 is 0 Å². The van der Waals surface area contributed by atoms with Gasteiger partial charge in [0.15, 0.2) is 0 Å². The van der Waals surface area contributed by atoms with Crippen LogP contribution in [0.3, 0.4) is 0 Å². The summed E-state index contributed by atoms with van der Waals surface area (Å²) in [6, 6.07) is 12.4. The van der Waals surface area contributed by atoms with Crippen molar-refractivity contribution in [3.63, 3.8) is 0 Å². The Morgan fingerprint density at radius 2 is 1.30 bits per heavy atom. The average molecular weight is 389 g/mol. The van der Waals surface area contributed by atoms with Crippen molar-refractivity contribution in [2.45, 2.75) is 38.1 Å². The van der Waals surface area contributed by atoms with E-state index in [2.05, 4.69) is 15.4 Å². The molecule has 0 fully saturated rings. The van der Waals surface area contributed by atoms with Gasteiger partial charge in [0.25, 0.3) is 5.91 Å². The van der Waals surface area contributed by atoms with Gasteiger partial charge in [0.1, 0.15) is 0 Å². The van der Waals surface area contributed by atoms with Gasteiger partial charge in [-0.25, -0.2) is 13.1 Å². The predicted molar refractivity (Wildman–Crippen MR) is 105 cm³/mol. The molecule has 0 aliphatic carbocycles. The Morgan fingerprint density at radius 3 is 1.78 bits per heavy atom. The maximum Gasteiger partial charge on any atom is 0.255 e. The summed E-state index contributed by atoms with van der Waals surface area (Å²) >= 11 is 0. The lowest BCUT2D eigenvalue weighted by Gasteiger charge is -2.20. The Morgan fingerprint density at radius 1 is 0.815 bits per heavy atom. The Balaban J connectivity index is 2.07. The van der Waals surface area contributed by atoms with Crippen LogP contribution in [-0.2, 0) is 14.8 Å². The van der Waals surface area contributed by atoms with Gasteiger partial charge >= 0.3 is 0 Å². The van der Waals surface area contributed by atoms with Crippen LogP contribution in [0, 0.1) is 0 Å². The molecule has 8 heteroatoms. The number of sulfonamides is 1. The molecule has 7 nitrogen and oxygen atoms in total. The quantitative estimate of drug-likeness (QED) is 0.731. The zero-order valence-corrected chi connectivity index (χ0v) is 16.5. The summed E-state index contributed by atoms with van der Waals surface area (Å²) in [5.41, 5.74) is 0.894. The number of amides is 2. The molecule has 2 aromatic rings. The molecule has 0 saturated heterocycles. The number of anilines is 2. The number of carbonyl (C=O) groups is 2. The van der Waals surface area contributed by atoms with E-state index in [9.17, 15) is 18.0 Å². The van der Waals surface area contributed by atoms with Crippen LogP contribution in [0.5, 0.6) is 0 Å². The fourth-order valence-corrected chi connectivity index (χ4v) is 3.71. The summed E-state index contributed by atoms with van der Waals surface area (Å²) in [6.45, 7) is 6.69. The van der Waals surface area contributed by atoms with Crippen molar-refractivity contribution in [1.82, 2.24) is 4.72 Å². The maximum absolute atomic E-state index is 12.3. The molecule has 0 spiro atoms. The number of rotatable bonds is 5. The smallest absolute Gasteiger partial charge is 0.255 e. The molecule has 0 unspecified atom stereocenters. The molecule has 2 amide bonds. The van der Waals surface area contributed by atoms with Crippen molar-refractivity contribution in [3.8, 4) is 0 Å². The number of hydrogen-bond donors (Lipinski definition) is 3. The topological polar surface area (TPSA) is 104 Å². The minimum atomic E-state index is -3.63. The van der Waals surface area contributed by atoms with Crippen LogP contribution in [0.25, 0.3) is 0 Å². The van der Waals surface area contributed by atoms with Crippen molar-refractivity contribution in [2.75, 3.05) is 10.6 Å². The molecule has 2 aromatic carbocycles. The lowest BCUT2D eigenvalue weighted by molar-refractivity contribution is -0.114. The fraction of sp³-hybridized carbons (Fsp3) is 0.263. The van der Waals surface area contributed by atoms with E-state index < -0.39 is 15.6 Å². The molecule has 0 aromatic heterocycles. The van der Waals surface area contributed by atoms with Gasteiger partial charge in [-0.1, -0.05) is 0 Å². The second-order valence-corrected chi connectivity index (χ2v) is 8.77. The first-order valence-corrected chi connectivity index (χ1v) is 9.78. The van der Waals surface area contributed by atoms with E-state index >= 15 is 0 Å². The van der Waals surface area contributed by atoms with E-state index in [1.54, 1.807) is 45.0 Å². The molecule has 27 heavy (non-hydrogen) atoms. The van der Waals surface area contributed by atoms with Gasteiger partial charge in [-0.15, -0.1) is 0 Å². The largest absolute Gasteiger partial charge is 0.326 e. The van der Waals surface area contributed by atoms with E-state index in [0.29, 0.717) is 16.9 Å². The zero-order valence-electron chi connectivity index (χ0n) is 15.7. The third kappa shape index (κ3) is 6.19. The Hall–Kier alpha value is -2.71. The summed E-state index contributed by atoms with van der Waals surface area (Å²) in [7, 11) is -3.63. The lowest BCUT2D eigenvalue weighted by atomic mass is 10.1. The molecule has 144 valence electrons. The maximum atomic E-state index is 12.3. The SMILES string of the molecule is CC(=O)Nc1ccc(C(=O)Nc2ccc(S(=O)(=O)NC(C)(C)C)cc2)cc1. The van der Waals surface area contributed by atoms with Crippen LogP contribution in [-0.4, -0.2) is 25.8 Å². The van der Waals surface area contributed by atoms with Gasteiger partial charge in [0.05, 0.1) is 4.90 Å². The van der Waals surface area contributed by atoms with Gasteiger partial charge in [-0.05, 0) is 69.3 Å². The molecule has 0 bridgehead atoms. The highest BCUT2D eigenvalue weighted by Crippen LogP contribution is 2.17. The fourth-order valence-electron chi connectivity index (χ4n) is 2.29. The Kier molecular flexibility index (Phi) is 6.02. The normalized spacial score (nSPS) is 11.7. The van der Waals surface area contributed by atoms with Gasteiger partial charge in [-0.3, -0.25) is 9.59 Å². The minimum absolute atomic E-state index is 0.120. The van der Waals surface area contributed by atoms with Crippen molar-refractivity contribution < 1.29 is 18.0 Å². The van der Waals surface area contributed by atoms with Crippen molar-refractivity contribution in [1.29, 1.82) is 0 Å². The average Bonchev–Trinajstić information content (AvgIpc) is 2.53. The molecule has 3 N–H and O–H groups in total. The van der Waals surface area contributed by atoms with Crippen molar-refractivity contribution in [2.24, 2.45) is 0 Å². The summed E-state index contributed by atoms with van der Waals surface area (Å²) < 4.78 is 27.1. The highest BCUT2D eigenvalue weighted by Gasteiger charge is 2.21. The highest BCUT2D eigenvalue weighted by atomic mass is 32.2. The molecule has 0 aliphatic rings. The van der Waals surface area contributed by atoms with E-state index in [4.69, 9.17) is 0 Å². The molecular formula is C19H23N3O4S. The van der Waals surface area contributed by atoms with Gasteiger partial charge in [0, 0.05) is 29.4 Å². The van der Waals surface area contributed by atoms with E-state index in [1.165, 1.54) is 31.2 Å². The van der Waals surface area contributed by atoms with E-state index in [1.807, 2.05) is 0 Å². The van der Waals surface area contributed by atoms with Crippen LogP contribution < -0.4 is 15.4 Å². The van der Waals surface area contributed by atoms with Crippen LogP contribution in [0.15, 0.2) is 53.4 Å².